The largest absolute Gasteiger partial charge is 0.398 e. The molecule has 0 amide bonds. The Kier molecular flexibility index (Phi) is 4.70. The highest BCUT2D eigenvalue weighted by atomic mass is 35.5. The van der Waals surface area contributed by atoms with Gasteiger partial charge in [-0.05, 0) is 35.6 Å². The third kappa shape index (κ3) is 3.60. The van der Waals surface area contributed by atoms with Gasteiger partial charge in [-0.25, -0.2) is 0 Å². The number of anilines is 1. The van der Waals surface area contributed by atoms with Gasteiger partial charge in [0.25, 0.3) is 0 Å². The molecule has 1 rings (SSSR count). The van der Waals surface area contributed by atoms with Crippen molar-refractivity contribution < 1.29 is 0 Å². The molecule has 2 heteroatoms. The summed E-state index contributed by atoms with van der Waals surface area (Å²) in [5.74, 6) is 1.19. The van der Waals surface area contributed by atoms with Crippen LogP contribution in [0.25, 0.3) is 6.08 Å². The quantitative estimate of drug-likeness (QED) is 0.605. The highest BCUT2D eigenvalue weighted by Gasteiger charge is 2.01. The van der Waals surface area contributed by atoms with Gasteiger partial charge in [0.1, 0.15) is 0 Å². The lowest BCUT2D eigenvalue weighted by atomic mass is 9.99. The highest BCUT2D eigenvalue weighted by molar-refractivity contribution is 6.17. The van der Waals surface area contributed by atoms with E-state index in [1.807, 2.05) is 12.1 Å². The second kappa shape index (κ2) is 5.82. The zero-order chi connectivity index (χ0) is 11.3. The van der Waals surface area contributed by atoms with E-state index in [4.69, 9.17) is 17.3 Å². The number of rotatable bonds is 4. The molecule has 1 aromatic rings. The van der Waals surface area contributed by atoms with Crippen LogP contribution in [-0.4, -0.2) is 5.88 Å². The normalized spacial score (nSPS) is 11.5. The molecule has 0 aliphatic carbocycles. The zero-order valence-electron chi connectivity index (χ0n) is 9.33. The average Bonchev–Trinajstić information content (AvgIpc) is 2.20. The molecule has 0 aliphatic heterocycles. The second-order valence-electron chi connectivity index (χ2n) is 3.92. The first kappa shape index (κ1) is 12.1. The molecule has 1 aromatic carbocycles. The molecule has 0 radical (unpaired) electrons. The molecular weight excluding hydrogens is 206 g/mol. The summed E-state index contributed by atoms with van der Waals surface area (Å²) in [4.78, 5) is 0. The molecule has 0 fully saturated rings. The van der Waals surface area contributed by atoms with Gasteiger partial charge in [-0.15, -0.1) is 11.6 Å². The van der Waals surface area contributed by atoms with Gasteiger partial charge in [0.15, 0.2) is 0 Å². The van der Waals surface area contributed by atoms with Crippen molar-refractivity contribution >= 4 is 23.4 Å². The van der Waals surface area contributed by atoms with Gasteiger partial charge < -0.3 is 5.73 Å². The van der Waals surface area contributed by atoms with Crippen molar-refractivity contribution in [3.05, 3.63) is 35.4 Å². The molecule has 1 nitrogen and oxygen atoms in total. The van der Waals surface area contributed by atoms with Gasteiger partial charge in [-0.3, -0.25) is 0 Å². The number of halogens is 1. The number of hydrogen-bond donors (Lipinski definition) is 1. The molecule has 0 bridgehead atoms. The lowest BCUT2D eigenvalue weighted by molar-refractivity contribution is 0.866. The summed E-state index contributed by atoms with van der Waals surface area (Å²) in [5.41, 5.74) is 9.12. The smallest absolute Gasteiger partial charge is 0.0387 e. The topological polar surface area (TPSA) is 26.0 Å². The number of allylic oxidation sites excluding steroid dienone is 1. The molecule has 0 aromatic heterocycles. The Balaban J connectivity index is 2.90. The molecule has 2 N–H and O–H groups in total. The van der Waals surface area contributed by atoms with E-state index in [1.165, 1.54) is 5.56 Å². The fourth-order valence-corrected chi connectivity index (χ4v) is 1.50. The van der Waals surface area contributed by atoms with E-state index in [0.717, 1.165) is 17.7 Å². The molecule has 0 aliphatic rings. The summed E-state index contributed by atoms with van der Waals surface area (Å²) in [7, 11) is 0. The fraction of sp³-hybridized carbons (Fsp3) is 0.385. The Morgan fingerprint density at radius 3 is 2.73 bits per heavy atom. The summed E-state index contributed by atoms with van der Waals surface area (Å²) in [5, 5.41) is 0. The van der Waals surface area contributed by atoms with E-state index in [0.29, 0.717) is 11.8 Å². The molecule has 0 saturated heterocycles. The maximum atomic E-state index is 5.89. The van der Waals surface area contributed by atoms with Crippen LogP contribution in [0.3, 0.4) is 0 Å². The summed E-state index contributed by atoms with van der Waals surface area (Å²) in [6.45, 7) is 4.36. The number of nitrogens with two attached hydrogens (primary N) is 1. The van der Waals surface area contributed by atoms with E-state index in [1.54, 1.807) is 0 Å². The molecule has 0 atom stereocenters. The third-order valence-electron chi connectivity index (χ3n) is 2.35. The van der Waals surface area contributed by atoms with Gasteiger partial charge in [0.2, 0.25) is 0 Å². The summed E-state index contributed by atoms with van der Waals surface area (Å²) in [6, 6.07) is 6.19. The van der Waals surface area contributed by atoms with Gasteiger partial charge in [-0.1, -0.05) is 32.1 Å². The SMILES string of the molecule is CC(C)c1ccc(N)c(C=CCCCl)c1. The van der Waals surface area contributed by atoms with Crippen molar-refractivity contribution in [1.82, 2.24) is 0 Å². The third-order valence-corrected chi connectivity index (χ3v) is 2.57. The van der Waals surface area contributed by atoms with Crippen LogP contribution in [0.15, 0.2) is 24.3 Å². The molecule has 82 valence electrons. The molecule has 0 spiro atoms. The van der Waals surface area contributed by atoms with Crippen molar-refractivity contribution in [3.8, 4) is 0 Å². The Hall–Kier alpha value is -0.950. The van der Waals surface area contributed by atoms with Crippen LogP contribution in [0, 0.1) is 0 Å². The predicted molar refractivity (Wildman–Crippen MR) is 69.3 cm³/mol. The monoisotopic (exact) mass is 223 g/mol. The predicted octanol–water partition coefficient (Wildman–Crippen LogP) is 4.03. The maximum Gasteiger partial charge on any atom is 0.0387 e. The average molecular weight is 224 g/mol. The number of hydrogen-bond acceptors (Lipinski definition) is 1. The fourth-order valence-electron chi connectivity index (χ4n) is 1.37. The van der Waals surface area contributed by atoms with Crippen LogP contribution in [0.5, 0.6) is 0 Å². The summed E-state index contributed by atoms with van der Waals surface area (Å²) in [6.07, 6.45) is 4.99. The van der Waals surface area contributed by atoms with E-state index >= 15 is 0 Å². The summed E-state index contributed by atoms with van der Waals surface area (Å²) >= 11 is 5.61. The first-order valence-electron chi connectivity index (χ1n) is 5.27. The van der Waals surface area contributed by atoms with E-state index < -0.39 is 0 Å². The molecule has 0 heterocycles. The highest BCUT2D eigenvalue weighted by Crippen LogP contribution is 2.21. The van der Waals surface area contributed by atoms with Crippen molar-refractivity contribution in [2.75, 3.05) is 11.6 Å². The van der Waals surface area contributed by atoms with Crippen LogP contribution in [0.2, 0.25) is 0 Å². The Morgan fingerprint density at radius 1 is 1.40 bits per heavy atom. The van der Waals surface area contributed by atoms with Crippen molar-refractivity contribution in [1.29, 1.82) is 0 Å². The Morgan fingerprint density at radius 2 is 2.13 bits per heavy atom. The number of benzene rings is 1. The van der Waals surface area contributed by atoms with Crippen molar-refractivity contribution in [2.45, 2.75) is 26.2 Å². The Labute approximate surface area is 96.9 Å². The van der Waals surface area contributed by atoms with Crippen molar-refractivity contribution in [3.63, 3.8) is 0 Å². The van der Waals surface area contributed by atoms with Crippen LogP contribution in [-0.2, 0) is 0 Å². The van der Waals surface area contributed by atoms with Crippen LogP contribution >= 0.6 is 11.6 Å². The molecule has 0 saturated carbocycles. The van der Waals surface area contributed by atoms with E-state index in [2.05, 4.69) is 32.1 Å². The standard InChI is InChI=1S/C13H18ClN/c1-10(2)11-6-7-13(15)12(9-11)5-3-4-8-14/h3,5-7,9-10H,4,8,15H2,1-2H3. The van der Waals surface area contributed by atoms with Gasteiger partial charge >= 0.3 is 0 Å². The summed E-state index contributed by atoms with van der Waals surface area (Å²) < 4.78 is 0. The number of alkyl halides is 1. The van der Waals surface area contributed by atoms with Gasteiger partial charge in [0, 0.05) is 11.6 Å². The molecule has 0 unspecified atom stereocenters. The zero-order valence-corrected chi connectivity index (χ0v) is 10.1. The van der Waals surface area contributed by atoms with Crippen LogP contribution in [0.4, 0.5) is 5.69 Å². The maximum absolute atomic E-state index is 5.89. The minimum Gasteiger partial charge on any atom is -0.398 e. The van der Waals surface area contributed by atoms with Crippen LogP contribution in [0.1, 0.15) is 37.3 Å². The lowest BCUT2D eigenvalue weighted by Gasteiger charge is -2.08. The van der Waals surface area contributed by atoms with Gasteiger partial charge in [0.05, 0.1) is 0 Å². The number of nitrogen functional groups attached to an aromatic ring is 1. The second-order valence-corrected chi connectivity index (χ2v) is 4.30. The molecule has 15 heavy (non-hydrogen) atoms. The lowest BCUT2D eigenvalue weighted by Crippen LogP contribution is -1.93. The first-order chi connectivity index (χ1) is 7.15. The van der Waals surface area contributed by atoms with Gasteiger partial charge in [-0.2, -0.15) is 0 Å². The van der Waals surface area contributed by atoms with Crippen molar-refractivity contribution in [2.24, 2.45) is 0 Å². The minimum atomic E-state index is 0.533. The molecular formula is C13H18ClN. The Bertz CT molecular complexity index is 342. The van der Waals surface area contributed by atoms with E-state index in [9.17, 15) is 0 Å². The van der Waals surface area contributed by atoms with Crippen LogP contribution < -0.4 is 5.73 Å². The minimum absolute atomic E-state index is 0.533. The van der Waals surface area contributed by atoms with E-state index in [-0.39, 0.29) is 0 Å². The first-order valence-corrected chi connectivity index (χ1v) is 5.80.